The molecule has 1 N–H and O–H groups in total. The van der Waals surface area contributed by atoms with E-state index >= 15 is 0 Å². The maximum Gasteiger partial charge on any atom is 0.147 e. The molecule has 0 aliphatic rings. The standard InChI is InChI=1S/C14H14Cl2N2O/c1-2-10-6-7-11(19-10)8-17-18-9-12-13(15)4-3-5-14(12)16/h3-8,18H,2,9H2,1H3/b17-8+. The van der Waals surface area contributed by atoms with Crippen LogP contribution >= 0.6 is 23.2 Å². The summed E-state index contributed by atoms with van der Waals surface area (Å²) in [5.74, 6) is 1.66. The Balaban J connectivity index is 1.93. The zero-order valence-corrected chi connectivity index (χ0v) is 12.0. The zero-order chi connectivity index (χ0) is 13.7. The molecule has 0 bridgehead atoms. The Kier molecular flexibility index (Phi) is 4.88. The number of nitrogens with zero attached hydrogens (tertiary/aromatic N) is 1. The zero-order valence-electron chi connectivity index (χ0n) is 10.5. The van der Waals surface area contributed by atoms with E-state index in [1.54, 1.807) is 18.3 Å². The van der Waals surface area contributed by atoms with Gasteiger partial charge in [-0.2, -0.15) is 5.10 Å². The number of halogens is 2. The Morgan fingerprint density at radius 3 is 2.58 bits per heavy atom. The molecule has 5 heteroatoms. The van der Waals surface area contributed by atoms with Crippen LogP contribution in [-0.2, 0) is 13.0 Å². The lowest BCUT2D eigenvalue weighted by Crippen LogP contribution is -2.06. The molecule has 100 valence electrons. The van der Waals surface area contributed by atoms with Crippen LogP contribution in [-0.4, -0.2) is 6.21 Å². The summed E-state index contributed by atoms with van der Waals surface area (Å²) in [4.78, 5) is 0. The topological polar surface area (TPSA) is 37.5 Å². The van der Waals surface area contributed by atoms with Gasteiger partial charge in [-0.05, 0) is 24.3 Å². The van der Waals surface area contributed by atoms with E-state index in [1.807, 2.05) is 25.1 Å². The van der Waals surface area contributed by atoms with Crippen molar-refractivity contribution in [2.75, 3.05) is 0 Å². The first-order valence-electron chi connectivity index (χ1n) is 5.98. The molecule has 1 heterocycles. The summed E-state index contributed by atoms with van der Waals surface area (Å²) in [7, 11) is 0. The van der Waals surface area contributed by atoms with Gasteiger partial charge in [0.1, 0.15) is 11.5 Å². The molecule has 0 saturated carbocycles. The summed E-state index contributed by atoms with van der Waals surface area (Å²) < 4.78 is 5.49. The van der Waals surface area contributed by atoms with Gasteiger partial charge in [0.25, 0.3) is 0 Å². The number of hydrogen-bond donors (Lipinski definition) is 1. The van der Waals surface area contributed by atoms with Crippen molar-refractivity contribution in [1.29, 1.82) is 0 Å². The number of rotatable bonds is 5. The molecule has 0 amide bonds. The van der Waals surface area contributed by atoms with Gasteiger partial charge in [-0.1, -0.05) is 36.2 Å². The van der Waals surface area contributed by atoms with Crippen molar-refractivity contribution in [3.05, 3.63) is 57.5 Å². The average molecular weight is 297 g/mol. The van der Waals surface area contributed by atoms with Crippen LogP contribution in [0.5, 0.6) is 0 Å². The van der Waals surface area contributed by atoms with Gasteiger partial charge in [-0.25, -0.2) is 0 Å². The summed E-state index contributed by atoms with van der Waals surface area (Å²) in [5, 5.41) is 5.33. The molecule has 0 aliphatic carbocycles. The van der Waals surface area contributed by atoms with Crippen LogP contribution < -0.4 is 5.43 Å². The summed E-state index contributed by atoms with van der Waals surface area (Å²) in [6.45, 7) is 2.51. The largest absolute Gasteiger partial charge is 0.460 e. The van der Waals surface area contributed by atoms with Crippen LogP contribution in [0.25, 0.3) is 0 Å². The maximum absolute atomic E-state index is 6.05. The summed E-state index contributed by atoms with van der Waals surface area (Å²) in [5.41, 5.74) is 3.73. The van der Waals surface area contributed by atoms with E-state index < -0.39 is 0 Å². The Labute approximate surface area is 122 Å². The lowest BCUT2D eigenvalue weighted by atomic mass is 10.2. The Morgan fingerprint density at radius 2 is 1.95 bits per heavy atom. The van der Waals surface area contributed by atoms with Crippen LogP contribution in [0.4, 0.5) is 0 Å². The van der Waals surface area contributed by atoms with Gasteiger partial charge in [0.2, 0.25) is 0 Å². The minimum atomic E-state index is 0.469. The van der Waals surface area contributed by atoms with E-state index in [4.69, 9.17) is 27.6 Å². The maximum atomic E-state index is 6.05. The second kappa shape index (κ2) is 6.64. The summed E-state index contributed by atoms with van der Waals surface area (Å²) in [6, 6.07) is 9.23. The molecule has 0 fully saturated rings. The van der Waals surface area contributed by atoms with Crippen LogP contribution in [0.1, 0.15) is 24.0 Å². The van der Waals surface area contributed by atoms with Crippen LogP contribution in [0, 0.1) is 0 Å². The predicted octanol–water partition coefficient (Wildman–Crippen LogP) is 4.27. The van der Waals surface area contributed by atoms with Crippen molar-refractivity contribution in [3.8, 4) is 0 Å². The van der Waals surface area contributed by atoms with Gasteiger partial charge < -0.3 is 9.84 Å². The fourth-order valence-electron chi connectivity index (χ4n) is 1.59. The van der Waals surface area contributed by atoms with Gasteiger partial charge in [-0.15, -0.1) is 0 Å². The number of aryl methyl sites for hydroxylation is 1. The minimum Gasteiger partial charge on any atom is -0.460 e. The first-order chi connectivity index (χ1) is 9.20. The predicted molar refractivity (Wildman–Crippen MR) is 79.0 cm³/mol. The molecule has 2 aromatic rings. The summed E-state index contributed by atoms with van der Waals surface area (Å²) in [6.07, 6.45) is 2.50. The Bertz CT molecular complexity index is 558. The van der Waals surface area contributed by atoms with Crippen LogP contribution in [0.3, 0.4) is 0 Å². The monoisotopic (exact) mass is 296 g/mol. The highest BCUT2D eigenvalue weighted by Gasteiger charge is 2.03. The van der Waals surface area contributed by atoms with Crippen molar-refractivity contribution in [3.63, 3.8) is 0 Å². The SMILES string of the molecule is CCc1ccc(/C=N/NCc2c(Cl)cccc2Cl)o1. The Hall–Kier alpha value is -1.45. The molecular formula is C14H14Cl2N2O. The van der Waals surface area contributed by atoms with E-state index in [0.29, 0.717) is 16.6 Å². The van der Waals surface area contributed by atoms with E-state index in [-0.39, 0.29) is 0 Å². The molecule has 0 radical (unpaired) electrons. The van der Waals surface area contributed by atoms with Gasteiger partial charge in [0, 0.05) is 22.0 Å². The van der Waals surface area contributed by atoms with Gasteiger partial charge in [-0.3, -0.25) is 0 Å². The minimum absolute atomic E-state index is 0.469. The van der Waals surface area contributed by atoms with E-state index in [1.165, 1.54) is 0 Å². The number of furan rings is 1. The van der Waals surface area contributed by atoms with Crippen LogP contribution in [0.2, 0.25) is 10.0 Å². The molecule has 1 aromatic carbocycles. The molecule has 2 rings (SSSR count). The fraction of sp³-hybridized carbons (Fsp3) is 0.214. The van der Waals surface area contributed by atoms with Gasteiger partial charge in [0.05, 0.1) is 12.8 Å². The van der Waals surface area contributed by atoms with E-state index in [9.17, 15) is 0 Å². The van der Waals surface area contributed by atoms with Crippen molar-refractivity contribution in [1.82, 2.24) is 5.43 Å². The lowest BCUT2D eigenvalue weighted by Gasteiger charge is -2.05. The fourth-order valence-corrected chi connectivity index (χ4v) is 2.12. The molecule has 0 saturated heterocycles. The molecule has 0 spiro atoms. The number of benzene rings is 1. The third-order valence-electron chi connectivity index (χ3n) is 2.63. The first kappa shape index (κ1) is 14.0. The molecule has 0 unspecified atom stereocenters. The van der Waals surface area contributed by atoms with Gasteiger partial charge >= 0.3 is 0 Å². The van der Waals surface area contributed by atoms with Crippen molar-refractivity contribution >= 4 is 29.4 Å². The van der Waals surface area contributed by atoms with E-state index in [2.05, 4.69) is 10.5 Å². The van der Waals surface area contributed by atoms with Gasteiger partial charge in [0.15, 0.2) is 0 Å². The number of hydrogen-bond acceptors (Lipinski definition) is 3. The molecule has 0 aliphatic heterocycles. The molecule has 1 aromatic heterocycles. The first-order valence-corrected chi connectivity index (χ1v) is 6.74. The Morgan fingerprint density at radius 1 is 1.21 bits per heavy atom. The average Bonchev–Trinajstić information content (AvgIpc) is 2.85. The smallest absolute Gasteiger partial charge is 0.147 e. The number of hydrazone groups is 1. The van der Waals surface area contributed by atoms with Crippen molar-refractivity contribution in [2.45, 2.75) is 19.9 Å². The third kappa shape index (κ3) is 3.75. The normalized spacial score (nSPS) is 11.1. The molecular weight excluding hydrogens is 283 g/mol. The quantitative estimate of drug-likeness (QED) is 0.661. The molecule has 0 atom stereocenters. The second-order valence-electron chi connectivity index (χ2n) is 3.95. The lowest BCUT2D eigenvalue weighted by molar-refractivity contribution is 0.509. The molecule has 3 nitrogen and oxygen atoms in total. The van der Waals surface area contributed by atoms with E-state index in [0.717, 1.165) is 23.5 Å². The summed E-state index contributed by atoms with van der Waals surface area (Å²) >= 11 is 12.1. The number of nitrogens with one attached hydrogen (secondary N) is 1. The highest BCUT2D eigenvalue weighted by Crippen LogP contribution is 2.23. The molecule has 19 heavy (non-hydrogen) atoms. The second-order valence-corrected chi connectivity index (χ2v) is 4.77. The van der Waals surface area contributed by atoms with Crippen LogP contribution in [0.15, 0.2) is 39.9 Å². The van der Waals surface area contributed by atoms with Crippen molar-refractivity contribution in [2.24, 2.45) is 5.10 Å². The highest BCUT2D eigenvalue weighted by atomic mass is 35.5. The van der Waals surface area contributed by atoms with Crippen molar-refractivity contribution < 1.29 is 4.42 Å². The third-order valence-corrected chi connectivity index (χ3v) is 3.34. The highest BCUT2D eigenvalue weighted by molar-refractivity contribution is 6.35.